The van der Waals surface area contributed by atoms with Crippen molar-refractivity contribution in [3.05, 3.63) is 0 Å². The molecule has 0 aromatic carbocycles. The summed E-state index contributed by atoms with van der Waals surface area (Å²) in [5.74, 6) is 1.16. The molecule has 4 rings (SSSR count). The molecule has 1 saturated heterocycles. The predicted molar refractivity (Wildman–Crippen MR) is 84.7 cm³/mol. The molecule has 0 radical (unpaired) electrons. The molecule has 1 spiro atoms. The summed E-state index contributed by atoms with van der Waals surface area (Å²) in [5, 5.41) is 7.00. The van der Waals surface area contributed by atoms with Crippen molar-refractivity contribution < 1.29 is 14.4 Å². The van der Waals surface area contributed by atoms with Crippen LogP contribution in [0, 0.1) is 11.8 Å². The lowest BCUT2D eigenvalue weighted by Crippen LogP contribution is -2.50. The molecule has 3 fully saturated rings. The van der Waals surface area contributed by atoms with Crippen molar-refractivity contribution >= 4 is 17.5 Å². The van der Waals surface area contributed by atoms with E-state index in [1.165, 1.54) is 0 Å². The van der Waals surface area contributed by atoms with E-state index in [4.69, 9.17) is 4.84 Å². The largest absolute Gasteiger partial charge is 0.388 e. The SMILES string of the molecule is CC1CC(C(=O)N2CCC3(CC2)CC(C(=O)NC2CC2)=NO3)C1. The van der Waals surface area contributed by atoms with E-state index < -0.39 is 0 Å². The Kier molecular flexibility index (Phi) is 3.58. The third kappa shape index (κ3) is 2.95. The molecule has 0 bridgehead atoms. The molecule has 0 atom stereocenters. The molecular weight excluding hydrogens is 294 g/mol. The Hall–Kier alpha value is -1.59. The molecule has 0 aromatic rings. The van der Waals surface area contributed by atoms with Crippen LogP contribution in [0.3, 0.4) is 0 Å². The van der Waals surface area contributed by atoms with Gasteiger partial charge >= 0.3 is 0 Å². The second kappa shape index (κ2) is 5.49. The number of carbonyl (C=O) groups is 2. The van der Waals surface area contributed by atoms with Crippen LogP contribution in [0.1, 0.15) is 51.9 Å². The molecule has 0 unspecified atom stereocenters. The molecule has 4 aliphatic rings. The number of nitrogens with one attached hydrogen (secondary N) is 1. The molecule has 1 N–H and O–H groups in total. The molecule has 0 aromatic heterocycles. The fourth-order valence-electron chi connectivity index (χ4n) is 3.90. The number of oxime groups is 1. The normalized spacial score (nSPS) is 32.0. The van der Waals surface area contributed by atoms with Gasteiger partial charge in [-0.2, -0.15) is 0 Å². The van der Waals surface area contributed by atoms with Gasteiger partial charge in [0.25, 0.3) is 5.91 Å². The van der Waals surface area contributed by atoms with Crippen molar-refractivity contribution in [2.24, 2.45) is 17.0 Å². The summed E-state index contributed by atoms with van der Waals surface area (Å²) in [4.78, 5) is 32.1. The molecule has 2 heterocycles. The highest BCUT2D eigenvalue weighted by Crippen LogP contribution is 2.38. The van der Waals surface area contributed by atoms with Crippen LogP contribution in [0.15, 0.2) is 5.16 Å². The predicted octanol–water partition coefficient (Wildman–Crippen LogP) is 1.45. The van der Waals surface area contributed by atoms with Gasteiger partial charge in [0.2, 0.25) is 5.91 Å². The monoisotopic (exact) mass is 319 g/mol. The van der Waals surface area contributed by atoms with E-state index in [2.05, 4.69) is 17.4 Å². The maximum absolute atomic E-state index is 12.4. The van der Waals surface area contributed by atoms with Gasteiger partial charge in [-0.05, 0) is 31.6 Å². The van der Waals surface area contributed by atoms with Crippen molar-refractivity contribution in [1.82, 2.24) is 10.2 Å². The van der Waals surface area contributed by atoms with E-state index in [9.17, 15) is 9.59 Å². The van der Waals surface area contributed by atoms with Crippen molar-refractivity contribution in [3.63, 3.8) is 0 Å². The number of rotatable bonds is 3. The maximum Gasteiger partial charge on any atom is 0.269 e. The van der Waals surface area contributed by atoms with E-state index in [1.807, 2.05) is 4.90 Å². The summed E-state index contributed by atoms with van der Waals surface area (Å²) in [6, 6.07) is 0.339. The van der Waals surface area contributed by atoms with Gasteiger partial charge < -0.3 is 15.1 Å². The number of carbonyl (C=O) groups excluding carboxylic acids is 2. The highest BCUT2D eigenvalue weighted by molar-refractivity contribution is 6.39. The molecule has 2 saturated carbocycles. The number of likely N-dealkylation sites (tertiary alicyclic amines) is 1. The van der Waals surface area contributed by atoms with Crippen molar-refractivity contribution in [2.75, 3.05) is 13.1 Å². The molecule has 2 aliphatic heterocycles. The van der Waals surface area contributed by atoms with Gasteiger partial charge in [0.05, 0.1) is 0 Å². The van der Waals surface area contributed by atoms with Crippen LogP contribution in [0.5, 0.6) is 0 Å². The first-order valence-electron chi connectivity index (χ1n) is 8.89. The first-order chi connectivity index (χ1) is 11.0. The zero-order valence-corrected chi connectivity index (χ0v) is 13.7. The fourth-order valence-corrected chi connectivity index (χ4v) is 3.90. The van der Waals surface area contributed by atoms with Crippen LogP contribution in [-0.4, -0.2) is 47.2 Å². The molecule has 6 heteroatoms. The van der Waals surface area contributed by atoms with Crippen LogP contribution in [0.2, 0.25) is 0 Å². The number of hydrogen-bond acceptors (Lipinski definition) is 4. The van der Waals surface area contributed by atoms with E-state index in [-0.39, 0.29) is 17.4 Å². The number of amides is 2. The molecule has 2 aliphatic carbocycles. The van der Waals surface area contributed by atoms with Gasteiger partial charge in [-0.15, -0.1) is 0 Å². The quantitative estimate of drug-likeness (QED) is 0.856. The van der Waals surface area contributed by atoms with Crippen LogP contribution in [-0.2, 0) is 14.4 Å². The van der Waals surface area contributed by atoms with Gasteiger partial charge in [-0.1, -0.05) is 12.1 Å². The second-order valence-electron chi connectivity index (χ2n) is 7.84. The third-order valence-corrected chi connectivity index (χ3v) is 5.72. The minimum atomic E-state index is -0.361. The van der Waals surface area contributed by atoms with Gasteiger partial charge in [0.1, 0.15) is 11.3 Å². The van der Waals surface area contributed by atoms with Crippen molar-refractivity contribution in [2.45, 2.75) is 63.5 Å². The first-order valence-corrected chi connectivity index (χ1v) is 8.89. The van der Waals surface area contributed by atoms with E-state index in [0.29, 0.717) is 30.0 Å². The summed E-state index contributed by atoms with van der Waals surface area (Å²) in [7, 11) is 0. The summed E-state index contributed by atoms with van der Waals surface area (Å²) < 4.78 is 0. The summed E-state index contributed by atoms with van der Waals surface area (Å²) in [6.45, 7) is 3.64. The zero-order valence-electron chi connectivity index (χ0n) is 13.7. The zero-order chi connectivity index (χ0) is 16.0. The van der Waals surface area contributed by atoms with Crippen molar-refractivity contribution in [1.29, 1.82) is 0 Å². The average molecular weight is 319 g/mol. The summed E-state index contributed by atoms with van der Waals surface area (Å²) >= 11 is 0. The first kappa shape index (κ1) is 15.0. The Morgan fingerprint density at radius 3 is 2.57 bits per heavy atom. The second-order valence-corrected chi connectivity index (χ2v) is 7.84. The van der Waals surface area contributed by atoms with E-state index in [1.54, 1.807) is 0 Å². The molecular formula is C17H25N3O3. The fraction of sp³-hybridized carbons (Fsp3) is 0.824. The highest BCUT2D eigenvalue weighted by Gasteiger charge is 2.46. The number of hydrogen-bond donors (Lipinski definition) is 1. The number of nitrogens with zero attached hydrogens (tertiary/aromatic N) is 2. The minimum absolute atomic E-state index is 0.0775. The molecule has 126 valence electrons. The van der Waals surface area contributed by atoms with E-state index in [0.717, 1.165) is 51.6 Å². The average Bonchev–Trinajstić information content (AvgIpc) is 3.23. The molecule has 2 amide bonds. The topological polar surface area (TPSA) is 71.0 Å². The van der Waals surface area contributed by atoms with Crippen LogP contribution in [0.4, 0.5) is 0 Å². The van der Waals surface area contributed by atoms with Crippen LogP contribution >= 0.6 is 0 Å². The smallest absolute Gasteiger partial charge is 0.269 e. The minimum Gasteiger partial charge on any atom is -0.388 e. The molecule has 23 heavy (non-hydrogen) atoms. The Morgan fingerprint density at radius 1 is 1.26 bits per heavy atom. The Bertz CT molecular complexity index is 541. The lowest BCUT2D eigenvalue weighted by Gasteiger charge is -2.41. The van der Waals surface area contributed by atoms with Gasteiger partial charge in [-0.25, -0.2) is 0 Å². The lowest BCUT2D eigenvalue weighted by atomic mass is 9.75. The Balaban J connectivity index is 1.28. The lowest BCUT2D eigenvalue weighted by molar-refractivity contribution is -0.145. The van der Waals surface area contributed by atoms with Crippen LogP contribution in [0.25, 0.3) is 0 Å². The van der Waals surface area contributed by atoms with Crippen LogP contribution < -0.4 is 5.32 Å². The Labute approximate surface area is 136 Å². The van der Waals surface area contributed by atoms with Gasteiger partial charge in [-0.3, -0.25) is 9.59 Å². The Morgan fingerprint density at radius 2 is 1.96 bits per heavy atom. The standard InChI is InChI=1S/C17H25N3O3/c1-11-8-12(9-11)16(22)20-6-4-17(5-7-20)10-14(19-23-17)15(21)18-13-2-3-13/h11-13H,2-10H2,1H3,(H,18,21). The van der Waals surface area contributed by atoms with Gasteiger partial charge in [0, 0.05) is 44.3 Å². The number of piperidine rings is 1. The summed E-state index contributed by atoms with van der Waals surface area (Å²) in [5.41, 5.74) is 0.157. The van der Waals surface area contributed by atoms with Crippen molar-refractivity contribution in [3.8, 4) is 0 Å². The van der Waals surface area contributed by atoms with E-state index >= 15 is 0 Å². The highest BCUT2D eigenvalue weighted by atomic mass is 16.7. The van der Waals surface area contributed by atoms with Gasteiger partial charge in [0.15, 0.2) is 0 Å². The third-order valence-electron chi connectivity index (χ3n) is 5.72. The maximum atomic E-state index is 12.4. The molecule has 6 nitrogen and oxygen atoms in total. The summed E-state index contributed by atoms with van der Waals surface area (Å²) in [6.07, 6.45) is 6.32.